The minimum Gasteiger partial charge on any atom is -0.271 e. The molecule has 0 radical (unpaired) electrons. The zero-order valence-corrected chi connectivity index (χ0v) is 12.7. The molecule has 1 unspecified atom stereocenters. The lowest BCUT2D eigenvalue weighted by atomic mass is 9.98. The number of hydrogen-bond donors (Lipinski definition) is 2. The summed E-state index contributed by atoms with van der Waals surface area (Å²) in [5.74, 6) is 4.61. The molecule has 0 saturated heterocycles. The van der Waals surface area contributed by atoms with E-state index in [1.165, 1.54) is 18.2 Å². The van der Waals surface area contributed by atoms with Crippen molar-refractivity contribution in [1.82, 2.24) is 5.43 Å². The van der Waals surface area contributed by atoms with Crippen molar-refractivity contribution in [3.05, 3.63) is 68.7 Å². The van der Waals surface area contributed by atoms with E-state index in [9.17, 15) is 8.78 Å². The second kappa shape index (κ2) is 6.63. The van der Waals surface area contributed by atoms with Gasteiger partial charge in [-0.05, 0) is 30.7 Å². The fourth-order valence-corrected chi connectivity index (χ4v) is 2.55. The van der Waals surface area contributed by atoms with E-state index < -0.39 is 17.7 Å². The SMILES string of the molecule is NNC(Cc1c(F)cccc1Cl)c1ccc(Br)cc1F. The maximum Gasteiger partial charge on any atom is 0.129 e. The Kier molecular flexibility index (Phi) is 5.10. The van der Waals surface area contributed by atoms with E-state index in [0.717, 1.165) is 0 Å². The van der Waals surface area contributed by atoms with Crippen LogP contribution in [0.25, 0.3) is 0 Å². The van der Waals surface area contributed by atoms with Crippen molar-refractivity contribution in [3.63, 3.8) is 0 Å². The van der Waals surface area contributed by atoms with Crippen LogP contribution in [0.5, 0.6) is 0 Å². The van der Waals surface area contributed by atoms with Crippen molar-refractivity contribution in [1.29, 1.82) is 0 Å². The van der Waals surface area contributed by atoms with Gasteiger partial charge in [-0.25, -0.2) is 8.78 Å². The Labute approximate surface area is 129 Å². The minimum absolute atomic E-state index is 0.153. The molecule has 2 aromatic carbocycles. The smallest absolute Gasteiger partial charge is 0.129 e. The molecule has 2 rings (SSSR count). The summed E-state index contributed by atoms with van der Waals surface area (Å²) in [6, 6.07) is 8.48. The molecule has 0 aliphatic heterocycles. The van der Waals surface area contributed by atoms with E-state index >= 15 is 0 Å². The summed E-state index contributed by atoms with van der Waals surface area (Å²) in [5, 5.41) is 0.294. The molecule has 20 heavy (non-hydrogen) atoms. The van der Waals surface area contributed by atoms with Crippen LogP contribution in [0, 0.1) is 11.6 Å². The number of hydrazine groups is 1. The zero-order valence-electron chi connectivity index (χ0n) is 10.3. The first-order chi connectivity index (χ1) is 9.52. The molecular formula is C14H12BrClF2N2. The third-order valence-electron chi connectivity index (χ3n) is 3.01. The maximum absolute atomic E-state index is 13.9. The van der Waals surface area contributed by atoms with Crippen LogP contribution < -0.4 is 11.3 Å². The molecule has 0 bridgehead atoms. The van der Waals surface area contributed by atoms with Crippen LogP contribution >= 0.6 is 27.5 Å². The summed E-state index contributed by atoms with van der Waals surface area (Å²) in [5.41, 5.74) is 3.16. The molecule has 3 N–H and O–H groups in total. The van der Waals surface area contributed by atoms with Crippen molar-refractivity contribution in [3.8, 4) is 0 Å². The number of halogens is 4. The van der Waals surface area contributed by atoms with E-state index in [4.69, 9.17) is 17.4 Å². The van der Waals surface area contributed by atoms with Crippen molar-refractivity contribution in [2.24, 2.45) is 5.84 Å². The van der Waals surface area contributed by atoms with Gasteiger partial charge in [-0.15, -0.1) is 0 Å². The average molecular weight is 362 g/mol. The molecule has 6 heteroatoms. The predicted molar refractivity (Wildman–Crippen MR) is 79.3 cm³/mol. The average Bonchev–Trinajstić information content (AvgIpc) is 2.40. The molecule has 2 aromatic rings. The van der Waals surface area contributed by atoms with E-state index in [-0.39, 0.29) is 6.42 Å². The Morgan fingerprint density at radius 2 is 1.95 bits per heavy atom. The summed E-state index contributed by atoms with van der Waals surface area (Å²) >= 11 is 9.16. The molecule has 106 valence electrons. The Morgan fingerprint density at radius 3 is 2.55 bits per heavy atom. The van der Waals surface area contributed by atoms with Gasteiger partial charge in [0.15, 0.2) is 0 Å². The molecule has 0 fully saturated rings. The number of nitrogens with one attached hydrogen (secondary N) is 1. The van der Waals surface area contributed by atoms with Gasteiger partial charge in [-0.3, -0.25) is 11.3 Å². The van der Waals surface area contributed by atoms with Crippen molar-refractivity contribution < 1.29 is 8.78 Å². The molecule has 1 atom stereocenters. The molecule has 0 aliphatic rings. The second-order valence-electron chi connectivity index (χ2n) is 4.29. The zero-order chi connectivity index (χ0) is 14.7. The first kappa shape index (κ1) is 15.4. The van der Waals surface area contributed by atoms with E-state index in [1.54, 1.807) is 18.2 Å². The Balaban J connectivity index is 2.34. The van der Waals surface area contributed by atoms with Crippen LogP contribution in [0.1, 0.15) is 17.2 Å². The third kappa shape index (κ3) is 3.35. The first-order valence-corrected chi connectivity index (χ1v) is 7.04. The van der Waals surface area contributed by atoms with Gasteiger partial charge in [0.1, 0.15) is 11.6 Å². The topological polar surface area (TPSA) is 38.0 Å². The van der Waals surface area contributed by atoms with Crippen LogP contribution in [0.4, 0.5) is 8.78 Å². The quantitative estimate of drug-likeness (QED) is 0.635. The maximum atomic E-state index is 13.9. The highest BCUT2D eigenvalue weighted by atomic mass is 79.9. The summed E-state index contributed by atoms with van der Waals surface area (Å²) in [4.78, 5) is 0. The predicted octanol–water partition coefficient (Wildman–Crippen LogP) is 4.13. The van der Waals surface area contributed by atoms with E-state index in [0.29, 0.717) is 20.6 Å². The molecule has 0 aromatic heterocycles. The van der Waals surface area contributed by atoms with Gasteiger partial charge in [-0.1, -0.05) is 39.7 Å². The summed E-state index contributed by atoms with van der Waals surface area (Å²) in [6.07, 6.45) is 0.153. The minimum atomic E-state index is -0.572. The van der Waals surface area contributed by atoms with Crippen LogP contribution in [0.2, 0.25) is 5.02 Å². The monoisotopic (exact) mass is 360 g/mol. The van der Waals surface area contributed by atoms with E-state index in [2.05, 4.69) is 21.4 Å². The number of rotatable bonds is 4. The fraction of sp³-hybridized carbons (Fsp3) is 0.143. The van der Waals surface area contributed by atoms with Crippen molar-refractivity contribution in [2.45, 2.75) is 12.5 Å². The Bertz CT molecular complexity index is 602. The fourth-order valence-electron chi connectivity index (χ4n) is 1.97. The highest BCUT2D eigenvalue weighted by Crippen LogP contribution is 2.27. The lowest BCUT2D eigenvalue weighted by Gasteiger charge is -2.18. The lowest BCUT2D eigenvalue weighted by molar-refractivity contribution is 0.498. The number of nitrogens with two attached hydrogens (primary N) is 1. The number of hydrogen-bond acceptors (Lipinski definition) is 2. The molecule has 2 nitrogen and oxygen atoms in total. The van der Waals surface area contributed by atoms with Crippen LogP contribution in [-0.2, 0) is 6.42 Å². The second-order valence-corrected chi connectivity index (χ2v) is 5.61. The first-order valence-electron chi connectivity index (χ1n) is 5.87. The van der Waals surface area contributed by atoms with Gasteiger partial charge >= 0.3 is 0 Å². The van der Waals surface area contributed by atoms with Gasteiger partial charge in [0.2, 0.25) is 0 Å². The largest absolute Gasteiger partial charge is 0.271 e. The highest BCUT2D eigenvalue weighted by Gasteiger charge is 2.18. The Morgan fingerprint density at radius 1 is 1.20 bits per heavy atom. The highest BCUT2D eigenvalue weighted by molar-refractivity contribution is 9.10. The molecule has 0 heterocycles. The van der Waals surface area contributed by atoms with Crippen LogP contribution in [-0.4, -0.2) is 0 Å². The van der Waals surface area contributed by atoms with Crippen molar-refractivity contribution >= 4 is 27.5 Å². The van der Waals surface area contributed by atoms with Gasteiger partial charge < -0.3 is 0 Å². The molecule has 0 spiro atoms. The van der Waals surface area contributed by atoms with Gasteiger partial charge in [0.25, 0.3) is 0 Å². The summed E-state index contributed by atoms with van der Waals surface area (Å²) < 4.78 is 28.3. The standard InChI is InChI=1S/C14H12BrClF2N2/c15-8-4-5-9(13(18)6-8)14(20-19)7-10-11(16)2-1-3-12(10)17/h1-6,14,20H,7,19H2. The van der Waals surface area contributed by atoms with Crippen LogP contribution in [0.15, 0.2) is 40.9 Å². The van der Waals surface area contributed by atoms with Gasteiger partial charge in [0, 0.05) is 20.6 Å². The third-order valence-corrected chi connectivity index (χ3v) is 3.86. The molecular weight excluding hydrogens is 350 g/mol. The Hall–Kier alpha value is -1.01. The summed E-state index contributed by atoms with van der Waals surface area (Å²) in [7, 11) is 0. The lowest BCUT2D eigenvalue weighted by Crippen LogP contribution is -2.30. The molecule has 0 saturated carbocycles. The normalized spacial score (nSPS) is 12.4. The number of benzene rings is 2. The van der Waals surface area contributed by atoms with Crippen LogP contribution in [0.3, 0.4) is 0 Å². The van der Waals surface area contributed by atoms with E-state index in [1.807, 2.05) is 0 Å². The van der Waals surface area contributed by atoms with Gasteiger partial charge in [0.05, 0.1) is 6.04 Å². The summed E-state index contributed by atoms with van der Waals surface area (Å²) in [6.45, 7) is 0. The van der Waals surface area contributed by atoms with Gasteiger partial charge in [-0.2, -0.15) is 0 Å². The van der Waals surface area contributed by atoms with Crippen molar-refractivity contribution in [2.75, 3.05) is 0 Å². The molecule has 0 aliphatic carbocycles. The molecule has 0 amide bonds.